The van der Waals surface area contributed by atoms with Gasteiger partial charge in [0, 0.05) is 5.92 Å². The van der Waals surface area contributed by atoms with Crippen LogP contribution < -0.4 is 10.9 Å². The van der Waals surface area contributed by atoms with Gasteiger partial charge in [-0.2, -0.15) is 14.7 Å². The molecular formula is C9H11N5OS. The van der Waals surface area contributed by atoms with Gasteiger partial charge in [-0.15, -0.1) is 5.10 Å². The fraction of sp³-hybridized carbons (Fsp3) is 0.556. The Hall–Kier alpha value is -1.34. The summed E-state index contributed by atoms with van der Waals surface area (Å²) in [6, 6.07) is 0. The minimum atomic E-state index is -0.207. The van der Waals surface area contributed by atoms with Crippen molar-refractivity contribution >= 4 is 16.3 Å². The fourth-order valence-electron chi connectivity index (χ4n) is 1.92. The Labute approximate surface area is 95.3 Å². The minimum absolute atomic E-state index is 0.207. The number of hydrogen-bond acceptors (Lipinski definition) is 6. The number of piperidine rings is 1. The number of nitrogens with zero attached hydrogens (tertiary/aromatic N) is 4. The van der Waals surface area contributed by atoms with E-state index in [4.69, 9.17) is 0 Å². The first-order chi connectivity index (χ1) is 7.84. The summed E-state index contributed by atoms with van der Waals surface area (Å²) < 4.78 is 1.34. The zero-order valence-electron chi connectivity index (χ0n) is 8.59. The van der Waals surface area contributed by atoms with Crippen LogP contribution in [0.25, 0.3) is 4.96 Å². The maximum atomic E-state index is 11.5. The van der Waals surface area contributed by atoms with Crippen LogP contribution in [0.3, 0.4) is 0 Å². The van der Waals surface area contributed by atoms with Crippen molar-refractivity contribution in [3.05, 3.63) is 21.6 Å². The Morgan fingerprint density at radius 3 is 3.00 bits per heavy atom. The quantitative estimate of drug-likeness (QED) is 0.756. The van der Waals surface area contributed by atoms with Gasteiger partial charge in [0.2, 0.25) is 4.96 Å². The topological polar surface area (TPSA) is 72.2 Å². The van der Waals surface area contributed by atoms with Gasteiger partial charge in [-0.25, -0.2) is 0 Å². The highest BCUT2D eigenvalue weighted by Crippen LogP contribution is 2.27. The maximum absolute atomic E-state index is 11.5. The van der Waals surface area contributed by atoms with Gasteiger partial charge in [0.1, 0.15) is 11.2 Å². The van der Waals surface area contributed by atoms with Gasteiger partial charge in [0.25, 0.3) is 5.56 Å². The van der Waals surface area contributed by atoms with Crippen LogP contribution in [-0.4, -0.2) is 32.9 Å². The highest BCUT2D eigenvalue weighted by Gasteiger charge is 2.19. The van der Waals surface area contributed by atoms with Crippen molar-refractivity contribution in [3.8, 4) is 0 Å². The van der Waals surface area contributed by atoms with Gasteiger partial charge in [-0.1, -0.05) is 11.3 Å². The van der Waals surface area contributed by atoms with Crippen molar-refractivity contribution in [3.63, 3.8) is 0 Å². The van der Waals surface area contributed by atoms with E-state index in [2.05, 4.69) is 20.6 Å². The van der Waals surface area contributed by atoms with E-state index in [1.807, 2.05) is 0 Å². The van der Waals surface area contributed by atoms with E-state index < -0.39 is 0 Å². The van der Waals surface area contributed by atoms with E-state index in [0.717, 1.165) is 30.9 Å². The van der Waals surface area contributed by atoms with Crippen molar-refractivity contribution in [2.75, 3.05) is 13.1 Å². The number of nitrogens with one attached hydrogen (secondary N) is 1. The SMILES string of the molecule is O=c1cnnc2sc(C3CCNCC3)nn12. The molecule has 0 aliphatic carbocycles. The zero-order valence-corrected chi connectivity index (χ0v) is 9.40. The number of hydrogen-bond donors (Lipinski definition) is 1. The van der Waals surface area contributed by atoms with Crippen molar-refractivity contribution in [1.29, 1.82) is 0 Å². The van der Waals surface area contributed by atoms with Gasteiger partial charge >= 0.3 is 0 Å². The number of aromatic nitrogens is 4. The molecule has 7 heteroatoms. The second-order valence-electron chi connectivity index (χ2n) is 3.84. The maximum Gasteiger partial charge on any atom is 0.293 e. The summed E-state index contributed by atoms with van der Waals surface area (Å²) in [5.41, 5.74) is -0.207. The third-order valence-electron chi connectivity index (χ3n) is 2.78. The average molecular weight is 237 g/mol. The lowest BCUT2D eigenvalue weighted by Gasteiger charge is -2.19. The molecule has 0 radical (unpaired) electrons. The molecule has 1 aliphatic rings. The predicted octanol–water partition coefficient (Wildman–Crippen LogP) is 0.0130. The van der Waals surface area contributed by atoms with Crippen molar-refractivity contribution in [2.24, 2.45) is 0 Å². The third kappa shape index (κ3) is 1.61. The Morgan fingerprint density at radius 1 is 1.44 bits per heavy atom. The van der Waals surface area contributed by atoms with Crippen molar-refractivity contribution in [2.45, 2.75) is 18.8 Å². The first-order valence-electron chi connectivity index (χ1n) is 5.27. The highest BCUT2D eigenvalue weighted by molar-refractivity contribution is 7.16. The van der Waals surface area contributed by atoms with E-state index in [9.17, 15) is 4.79 Å². The first-order valence-corrected chi connectivity index (χ1v) is 6.08. The molecule has 16 heavy (non-hydrogen) atoms. The molecule has 3 heterocycles. The van der Waals surface area contributed by atoms with Crippen LogP contribution in [0.1, 0.15) is 23.8 Å². The molecule has 0 amide bonds. The predicted molar refractivity (Wildman–Crippen MR) is 59.8 cm³/mol. The van der Waals surface area contributed by atoms with Crippen molar-refractivity contribution < 1.29 is 0 Å². The standard InChI is InChI=1S/C9H11N5OS/c15-7-5-11-12-9-14(7)13-8(16-9)6-1-3-10-4-2-6/h5-6,10H,1-4H2. The summed E-state index contributed by atoms with van der Waals surface area (Å²) in [7, 11) is 0. The van der Waals surface area contributed by atoms with Gasteiger partial charge in [-0.3, -0.25) is 4.79 Å². The lowest BCUT2D eigenvalue weighted by Crippen LogP contribution is -2.26. The van der Waals surface area contributed by atoms with Gasteiger partial charge in [-0.05, 0) is 25.9 Å². The largest absolute Gasteiger partial charge is 0.317 e. The molecule has 1 saturated heterocycles. The molecule has 0 bridgehead atoms. The molecule has 2 aromatic heterocycles. The summed E-state index contributed by atoms with van der Waals surface area (Å²) in [6.45, 7) is 2.03. The molecule has 3 rings (SSSR count). The molecule has 1 aliphatic heterocycles. The average Bonchev–Trinajstić information content (AvgIpc) is 2.76. The van der Waals surface area contributed by atoms with Crippen LogP contribution in [0.5, 0.6) is 0 Å². The zero-order chi connectivity index (χ0) is 11.0. The summed E-state index contributed by atoms with van der Waals surface area (Å²) >= 11 is 1.47. The van der Waals surface area contributed by atoms with Crippen LogP contribution >= 0.6 is 11.3 Å². The first kappa shape index (κ1) is 9.86. The summed E-state index contributed by atoms with van der Waals surface area (Å²) in [5.74, 6) is 0.451. The molecule has 1 fully saturated rings. The molecule has 0 saturated carbocycles. The van der Waals surface area contributed by atoms with Crippen LogP contribution in [0.4, 0.5) is 0 Å². The van der Waals surface area contributed by atoms with E-state index in [1.54, 1.807) is 0 Å². The highest BCUT2D eigenvalue weighted by atomic mass is 32.1. The Morgan fingerprint density at radius 2 is 2.25 bits per heavy atom. The Kier molecular flexibility index (Phi) is 2.41. The lowest BCUT2D eigenvalue weighted by atomic mass is 9.99. The molecule has 0 atom stereocenters. The smallest absolute Gasteiger partial charge is 0.293 e. The Bertz CT molecular complexity index is 556. The van der Waals surface area contributed by atoms with Crippen LogP contribution in [-0.2, 0) is 0 Å². The van der Waals surface area contributed by atoms with Gasteiger partial charge < -0.3 is 5.32 Å². The molecule has 0 spiro atoms. The molecule has 0 aromatic carbocycles. The van der Waals surface area contributed by atoms with Gasteiger partial charge in [0.05, 0.1) is 0 Å². The fourth-order valence-corrected chi connectivity index (χ4v) is 2.94. The van der Waals surface area contributed by atoms with Crippen LogP contribution in [0.2, 0.25) is 0 Å². The van der Waals surface area contributed by atoms with E-state index in [1.165, 1.54) is 22.0 Å². The van der Waals surface area contributed by atoms with Crippen LogP contribution in [0.15, 0.2) is 11.0 Å². The summed E-state index contributed by atoms with van der Waals surface area (Å²) in [4.78, 5) is 12.1. The molecule has 2 aromatic rings. The van der Waals surface area contributed by atoms with E-state index in [-0.39, 0.29) is 5.56 Å². The molecule has 1 N–H and O–H groups in total. The summed E-state index contributed by atoms with van der Waals surface area (Å²) in [6.07, 6.45) is 3.34. The molecule has 0 unspecified atom stereocenters. The molecule has 6 nitrogen and oxygen atoms in total. The monoisotopic (exact) mass is 237 g/mol. The second kappa shape index (κ2) is 3.91. The normalized spacial score (nSPS) is 18.0. The molecular weight excluding hydrogens is 226 g/mol. The van der Waals surface area contributed by atoms with Crippen LogP contribution in [0, 0.1) is 0 Å². The minimum Gasteiger partial charge on any atom is -0.317 e. The van der Waals surface area contributed by atoms with E-state index >= 15 is 0 Å². The molecule has 84 valence electrons. The number of rotatable bonds is 1. The third-order valence-corrected chi connectivity index (χ3v) is 3.85. The summed E-state index contributed by atoms with van der Waals surface area (Å²) in [5, 5.41) is 16.2. The van der Waals surface area contributed by atoms with Crippen molar-refractivity contribution in [1.82, 2.24) is 25.1 Å². The van der Waals surface area contributed by atoms with Gasteiger partial charge in [0.15, 0.2) is 0 Å². The number of fused-ring (bicyclic) bond motifs is 1. The Balaban J connectivity index is 2.04. The lowest BCUT2D eigenvalue weighted by molar-refractivity contribution is 0.456. The second-order valence-corrected chi connectivity index (χ2v) is 4.83. The van der Waals surface area contributed by atoms with E-state index in [0.29, 0.717) is 10.9 Å².